The zero-order chi connectivity index (χ0) is 9.90. The number of benzene rings is 1. The molecular weight excluding hydrogens is 160 g/mol. The largest absolute Gasteiger partial charge is 0.322 e. The molecule has 1 aromatic carbocycles. The molecule has 0 radical (unpaired) electrons. The molecule has 0 aliphatic carbocycles. The highest BCUT2D eigenvalue weighted by Crippen LogP contribution is 2.21. The lowest BCUT2D eigenvalue weighted by Gasteiger charge is -2.23. The van der Waals surface area contributed by atoms with Gasteiger partial charge in [-0.05, 0) is 31.0 Å². The minimum absolute atomic E-state index is 0.327. The summed E-state index contributed by atoms with van der Waals surface area (Å²) < 4.78 is 0. The van der Waals surface area contributed by atoms with Gasteiger partial charge in [0.25, 0.3) is 0 Å². The van der Waals surface area contributed by atoms with Crippen LogP contribution in [0.5, 0.6) is 0 Å². The number of hydrogen-bond donors (Lipinski definition) is 1. The summed E-state index contributed by atoms with van der Waals surface area (Å²) in [5, 5.41) is 8.71. The first-order valence-corrected chi connectivity index (χ1v) is 4.39. The number of hydrogen-bond acceptors (Lipinski definition) is 2. The molecule has 0 bridgehead atoms. The van der Waals surface area contributed by atoms with E-state index in [0.717, 1.165) is 12.0 Å². The van der Waals surface area contributed by atoms with Gasteiger partial charge in [-0.1, -0.05) is 19.1 Å². The Labute approximate surface area is 79.0 Å². The summed E-state index contributed by atoms with van der Waals surface area (Å²) >= 11 is 0. The molecule has 2 heteroatoms. The molecule has 0 aromatic heterocycles. The van der Waals surface area contributed by atoms with Crippen LogP contribution in [0.1, 0.15) is 31.4 Å². The Morgan fingerprint density at radius 1 is 1.54 bits per heavy atom. The Balaban J connectivity index is 3.10. The van der Waals surface area contributed by atoms with Gasteiger partial charge in [-0.15, -0.1) is 0 Å². The summed E-state index contributed by atoms with van der Waals surface area (Å²) in [5.41, 5.74) is 7.42. The van der Waals surface area contributed by atoms with Gasteiger partial charge in [0, 0.05) is 5.54 Å². The predicted molar refractivity (Wildman–Crippen MR) is 53.0 cm³/mol. The average Bonchev–Trinajstić information content (AvgIpc) is 2.18. The van der Waals surface area contributed by atoms with E-state index < -0.39 is 0 Å². The van der Waals surface area contributed by atoms with Gasteiger partial charge in [-0.3, -0.25) is 0 Å². The van der Waals surface area contributed by atoms with E-state index in [0.29, 0.717) is 5.56 Å². The van der Waals surface area contributed by atoms with Gasteiger partial charge in [-0.25, -0.2) is 0 Å². The van der Waals surface area contributed by atoms with Crippen molar-refractivity contribution in [3.63, 3.8) is 0 Å². The second kappa shape index (κ2) is 3.59. The summed E-state index contributed by atoms with van der Waals surface area (Å²) in [6.45, 7) is 4.02. The SMILES string of the molecule is CCC(C)(N)c1cccc(C#N)c1. The van der Waals surface area contributed by atoms with Crippen molar-refractivity contribution in [1.82, 2.24) is 0 Å². The van der Waals surface area contributed by atoms with Crippen LogP contribution in [0, 0.1) is 11.3 Å². The van der Waals surface area contributed by atoms with Crippen molar-refractivity contribution < 1.29 is 0 Å². The van der Waals surface area contributed by atoms with Gasteiger partial charge in [0.15, 0.2) is 0 Å². The van der Waals surface area contributed by atoms with Gasteiger partial charge in [-0.2, -0.15) is 5.26 Å². The summed E-state index contributed by atoms with van der Waals surface area (Å²) in [6, 6.07) is 9.58. The molecule has 0 heterocycles. The second-order valence-electron chi connectivity index (χ2n) is 3.46. The molecule has 2 nitrogen and oxygen atoms in total. The number of nitrogens with zero attached hydrogens (tertiary/aromatic N) is 1. The van der Waals surface area contributed by atoms with Crippen LogP contribution in [0.25, 0.3) is 0 Å². The smallest absolute Gasteiger partial charge is 0.0991 e. The first-order chi connectivity index (χ1) is 6.10. The fourth-order valence-electron chi connectivity index (χ4n) is 1.15. The lowest BCUT2D eigenvalue weighted by Crippen LogP contribution is -2.31. The van der Waals surface area contributed by atoms with Crippen LogP contribution >= 0.6 is 0 Å². The maximum Gasteiger partial charge on any atom is 0.0991 e. The topological polar surface area (TPSA) is 49.8 Å². The molecule has 0 fully saturated rings. The van der Waals surface area contributed by atoms with Crippen LogP contribution in [-0.2, 0) is 5.54 Å². The molecule has 1 unspecified atom stereocenters. The summed E-state index contributed by atoms with van der Waals surface area (Å²) in [5.74, 6) is 0. The van der Waals surface area contributed by atoms with E-state index in [1.54, 1.807) is 6.07 Å². The Hall–Kier alpha value is -1.33. The van der Waals surface area contributed by atoms with Gasteiger partial charge >= 0.3 is 0 Å². The average molecular weight is 174 g/mol. The van der Waals surface area contributed by atoms with Crippen LogP contribution in [0.2, 0.25) is 0 Å². The molecule has 0 saturated heterocycles. The van der Waals surface area contributed by atoms with Crippen molar-refractivity contribution in [3.8, 4) is 6.07 Å². The van der Waals surface area contributed by atoms with Crippen molar-refractivity contribution in [2.24, 2.45) is 5.73 Å². The molecule has 1 rings (SSSR count). The molecular formula is C11H14N2. The van der Waals surface area contributed by atoms with Crippen LogP contribution < -0.4 is 5.73 Å². The van der Waals surface area contributed by atoms with Crippen LogP contribution in [0.3, 0.4) is 0 Å². The second-order valence-corrected chi connectivity index (χ2v) is 3.46. The highest BCUT2D eigenvalue weighted by molar-refractivity contribution is 5.35. The third-order valence-corrected chi connectivity index (χ3v) is 2.39. The van der Waals surface area contributed by atoms with Crippen LogP contribution in [0.15, 0.2) is 24.3 Å². The van der Waals surface area contributed by atoms with E-state index in [1.807, 2.05) is 32.0 Å². The fraction of sp³-hybridized carbons (Fsp3) is 0.364. The zero-order valence-corrected chi connectivity index (χ0v) is 8.04. The first-order valence-electron chi connectivity index (χ1n) is 4.39. The number of nitriles is 1. The number of rotatable bonds is 2. The van der Waals surface area contributed by atoms with Gasteiger partial charge in [0.05, 0.1) is 11.6 Å². The highest BCUT2D eigenvalue weighted by Gasteiger charge is 2.18. The quantitative estimate of drug-likeness (QED) is 0.746. The van der Waals surface area contributed by atoms with Gasteiger partial charge in [0.2, 0.25) is 0 Å². The summed E-state index contributed by atoms with van der Waals surface area (Å²) in [6.07, 6.45) is 0.863. The molecule has 0 spiro atoms. The third kappa shape index (κ3) is 2.07. The molecule has 0 amide bonds. The van der Waals surface area contributed by atoms with Crippen molar-refractivity contribution in [1.29, 1.82) is 5.26 Å². The third-order valence-electron chi connectivity index (χ3n) is 2.39. The Kier molecular flexibility index (Phi) is 2.69. The molecule has 2 N–H and O–H groups in total. The van der Waals surface area contributed by atoms with Crippen molar-refractivity contribution in [2.45, 2.75) is 25.8 Å². The van der Waals surface area contributed by atoms with E-state index >= 15 is 0 Å². The van der Waals surface area contributed by atoms with E-state index in [4.69, 9.17) is 11.0 Å². The van der Waals surface area contributed by atoms with Crippen molar-refractivity contribution in [2.75, 3.05) is 0 Å². The Morgan fingerprint density at radius 3 is 2.77 bits per heavy atom. The normalized spacial score (nSPS) is 14.6. The summed E-state index contributed by atoms with van der Waals surface area (Å²) in [4.78, 5) is 0. The molecule has 13 heavy (non-hydrogen) atoms. The van der Waals surface area contributed by atoms with Crippen LogP contribution in [0.4, 0.5) is 0 Å². The van der Waals surface area contributed by atoms with Gasteiger partial charge < -0.3 is 5.73 Å². The lowest BCUT2D eigenvalue weighted by molar-refractivity contribution is 0.476. The van der Waals surface area contributed by atoms with Crippen molar-refractivity contribution in [3.05, 3.63) is 35.4 Å². The fourth-order valence-corrected chi connectivity index (χ4v) is 1.15. The lowest BCUT2D eigenvalue weighted by atomic mass is 9.90. The minimum Gasteiger partial charge on any atom is -0.322 e. The van der Waals surface area contributed by atoms with E-state index in [9.17, 15) is 0 Å². The van der Waals surface area contributed by atoms with Gasteiger partial charge in [0.1, 0.15) is 0 Å². The molecule has 1 aromatic rings. The molecule has 0 aliphatic heterocycles. The summed E-state index contributed by atoms with van der Waals surface area (Å²) in [7, 11) is 0. The highest BCUT2D eigenvalue weighted by atomic mass is 14.7. The standard InChI is InChI=1S/C11H14N2/c1-3-11(2,13)10-6-4-5-9(7-10)8-12/h4-7H,3,13H2,1-2H3. The zero-order valence-electron chi connectivity index (χ0n) is 8.04. The number of nitrogens with two attached hydrogens (primary N) is 1. The molecule has 1 atom stereocenters. The molecule has 0 saturated carbocycles. The molecule has 0 aliphatic rings. The predicted octanol–water partition coefficient (Wildman–Crippen LogP) is 2.14. The minimum atomic E-state index is -0.327. The molecule has 68 valence electrons. The maximum absolute atomic E-state index is 8.71. The Morgan fingerprint density at radius 2 is 2.23 bits per heavy atom. The van der Waals surface area contributed by atoms with Crippen LogP contribution in [-0.4, -0.2) is 0 Å². The monoisotopic (exact) mass is 174 g/mol. The first kappa shape index (κ1) is 9.76. The van der Waals surface area contributed by atoms with E-state index in [2.05, 4.69) is 6.07 Å². The maximum atomic E-state index is 8.71. The van der Waals surface area contributed by atoms with E-state index in [1.165, 1.54) is 0 Å². The van der Waals surface area contributed by atoms with E-state index in [-0.39, 0.29) is 5.54 Å². The van der Waals surface area contributed by atoms with Crippen molar-refractivity contribution >= 4 is 0 Å². The Bertz CT molecular complexity index is 334.